The van der Waals surface area contributed by atoms with E-state index in [1.54, 1.807) is 23.3 Å². The summed E-state index contributed by atoms with van der Waals surface area (Å²) >= 11 is 1.57. The van der Waals surface area contributed by atoms with Gasteiger partial charge in [-0.15, -0.1) is 11.3 Å². The van der Waals surface area contributed by atoms with Crippen LogP contribution < -0.4 is 5.32 Å². The van der Waals surface area contributed by atoms with Crippen molar-refractivity contribution in [2.45, 2.75) is 32.9 Å². The number of aromatic nitrogens is 1. The van der Waals surface area contributed by atoms with Gasteiger partial charge >= 0.3 is 0 Å². The minimum Gasteiger partial charge on any atom is -0.310 e. The van der Waals surface area contributed by atoms with Crippen molar-refractivity contribution in [3.63, 3.8) is 0 Å². The minimum atomic E-state index is -2.29. The van der Waals surface area contributed by atoms with E-state index < -0.39 is 6.43 Å². The summed E-state index contributed by atoms with van der Waals surface area (Å²) in [6.45, 7) is 4.12. The van der Waals surface area contributed by atoms with Gasteiger partial charge in [0.25, 0.3) is 6.43 Å². The van der Waals surface area contributed by atoms with Crippen molar-refractivity contribution in [3.05, 3.63) is 16.1 Å². The van der Waals surface area contributed by atoms with Crippen molar-refractivity contribution >= 4 is 11.3 Å². The van der Waals surface area contributed by atoms with E-state index in [0.717, 1.165) is 30.2 Å². The van der Waals surface area contributed by atoms with Crippen LogP contribution in [-0.4, -0.2) is 36.4 Å². The lowest BCUT2D eigenvalue weighted by atomic mass is 10.4. The second-order valence-corrected chi connectivity index (χ2v) is 4.94. The molecule has 0 atom stereocenters. The number of hydrogen-bond donors (Lipinski definition) is 1. The smallest absolute Gasteiger partial charge is 0.251 e. The molecule has 1 N–H and O–H groups in total. The Morgan fingerprint density at radius 3 is 2.94 bits per heavy atom. The van der Waals surface area contributed by atoms with Crippen molar-refractivity contribution in [1.29, 1.82) is 0 Å². The maximum absolute atomic E-state index is 12.1. The summed E-state index contributed by atoms with van der Waals surface area (Å²) in [4.78, 5) is 5.99. The topological polar surface area (TPSA) is 28.2 Å². The molecular weight excluding hydrogens is 244 g/mol. The molecule has 17 heavy (non-hydrogen) atoms. The number of halogens is 2. The normalized spacial score (nSPS) is 11.6. The summed E-state index contributed by atoms with van der Waals surface area (Å²) in [6, 6.07) is 0. The molecule has 0 fully saturated rings. The van der Waals surface area contributed by atoms with Crippen molar-refractivity contribution in [2.24, 2.45) is 0 Å². The molecule has 3 nitrogen and oxygen atoms in total. The van der Waals surface area contributed by atoms with E-state index in [1.165, 1.54) is 0 Å². The summed E-state index contributed by atoms with van der Waals surface area (Å²) < 4.78 is 24.3. The second-order valence-electron chi connectivity index (χ2n) is 4.00. The fourth-order valence-corrected chi connectivity index (χ4v) is 2.21. The van der Waals surface area contributed by atoms with Crippen LogP contribution in [0.3, 0.4) is 0 Å². The van der Waals surface area contributed by atoms with E-state index in [-0.39, 0.29) is 6.54 Å². The van der Waals surface area contributed by atoms with Crippen molar-refractivity contribution in [3.8, 4) is 0 Å². The number of rotatable bonds is 8. The van der Waals surface area contributed by atoms with Gasteiger partial charge in [0.05, 0.1) is 12.2 Å². The van der Waals surface area contributed by atoms with Gasteiger partial charge in [0.2, 0.25) is 0 Å². The third-order valence-corrected chi connectivity index (χ3v) is 3.08. The molecule has 0 aliphatic carbocycles. The molecule has 1 rings (SSSR count). The molecule has 1 heterocycles. The highest BCUT2D eigenvalue weighted by atomic mass is 32.1. The van der Waals surface area contributed by atoms with Gasteiger partial charge in [-0.3, -0.25) is 4.90 Å². The molecule has 0 amide bonds. The first-order valence-electron chi connectivity index (χ1n) is 5.72. The zero-order valence-electron chi connectivity index (χ0n) is 10.2. The predicted octanol–water partition coefficient (Wildman–Crippen LogP) is 2.34. The Balaban J connectivity index is 2.34. The molecule has 1 aromatic heterocycles. The van der Waals surface area contributed by atoms with Gasteiger partial charge in [-0.25, -0.2) is 13.8 Å². The van der Waals surface area contributed by atoms with Gasteiger partial charge in [0, 0.05) is 18.5 Å². The Kier molecular flexibility index (Phi) is 6.54. The Labute approximate surface area is 105 Å². The van der Waals surface area contributed by atoms with Gasteiger partial charge in [-0.2, -0.15) is 0 Å². The molecule has 0 radical (unpaired) electrons. The summed E-state index contributed by atoms with van der Waals surface area (Å²) in [5.74, 6) is 0. The average Bonchev–Trinajstić information content (AvgIpc) is 2.64. The molecule has 0 aliphatic heterocycles. The summed E-state index contributed by atoms with van der Waals surface area (Å²) in [5.41, 5.74) is 0.867. The monoisotopic (exact) mass is 263 g/mol. The average molecular weight is 263 g/mol. The van der Waals surface area contributed by atoms with E-state index in [0.29, 0.717) is 6.54 Å². The second kappa shape index (κ2) is 7.68. The largest absolute Gasteiger partial charge is 0.310 e. The summed E-state index contributed by atoms with van der Waals surface area (Å²) in [7, 11) is 1.68. The lowest BCUT2D eigenvalue weighted by Gasteiger charge is -2.13. The predicted molar refractivity (Wildman–Crippen MR) is 66.4 cm³/mol. The van der Waals surface area contributed by atoms with Gasteiger partial charge in [0.15, 0.2) is 0 Å². The number of nitrogens with one attached hydrogen (secondary N) is 1. The highest BCUT2D eigenvalue weighted by molar-refractivity contribution is 7.09. The summed E-state index contributed by atoms with van der Waals surface area (Å²) in [5, 5.41) is 6.21. The maximum atomic E-state index is 12.1. The first-order chi connectivity index (χ1) is 8.11. The molecule has 0 aliphatic rings. The van der Waals surface area contributed by atoms with E-state index in [1.807, 2.05) is 5.38 Å². The Morgan fingerprint density at radius 2 is 2.29 bits per heavy atom. The Morgan fingerprint density at radius 1 is 1.53 bits per heavy atom. The first-order valence-corrected chi connectivity index (χ1v) is 6.60. The van der Waals surface area contributed by atoms with Crippen molar-refractivity contribution in [2.75, 3.05) is 20.1 Å². The Bertz CT molecular complexity index is 317. The molecule has 0 saturated heterocycles. The SMILES string of the molecule is CCCNCc1nc(CN(C)CC(F)F)cs1. The number of hydrogen-bond acceptors (Lipinski definition) is 4. The van der Waals surface area contributed by atoms with Crippen molar-refractivity contribution in [1.82, 2.24) is 15.2 Å². The fraction of sp³-hybridized carbons (Fsp3) is 0.727. The third kappa shape index (κ3) is 6.05. The number of thiazole rings is 1. The van der Waals surface area contributed by atoms with Gasteiger partial charge in [-0.05, 0) is 20.0 Å². The van der Waals surface area contributed by atoms with Crippen LogP contribution >= 0.6 is 11.3 Å². The molecule has 0 aromatic carbocycles. The minimum absolute atomic E-state index is 0.207. The van der Waals surface area contributed by atoms with Crippen LogP contribution in [0.1, 0.15) is 24.0 Å². The maximum Gasteiger partial charge on any atom is 0.251 e. The molecule has 6 heteroatoms. The standard InChI is InChI=1S/C11H19F2N3S/c1-3-4-14-5-11-15-9(8-17-11)6-16(2)7-10(12)13/h8,10,14H,3-7H2,1-2H3. The van der Waals surface area contributed by atoms with Crippen molar-refractivity contribution < 1.29 is 8.78 Å². The van der Waals surface area contributed by atoms with E-state index in [9.17, 15) is 8.78 Å². The lowest BCUT2D eigenvalue weighted by Crippen LogP contribution is -2.24. The van der Waals surface area contributed by atoms with Crippen LogP contribution in [0.2, 0.25) is 0 Å². The molecule has 98 valence electrons. The summed E-state index contributed by atoms with van der Waals surface area (Å²) in [6.07, 6.45) is -1.20. The quantitative estimate of drug-likeness (QED) is 0.730. The first kappa shape index (κ1) is 14.5. The molecule has 0 saturated carbocycles. The molecular formula is C11H19F2N3S. The van der Waals surface area contributed by atoms with E-state index >= 15 is 0 Å². The van der Waals surface area contributed by atoms with E-state index in [4.69, 9.17) is 0 Å². The molecule has 0 spiro atoms. The molecule has 0 bridgehead atoms. The van der Waals surface area contributed by atoms with Gasteiger partial charge in [0.1, 0.15) is 5.01 Å². The molecule has 0 unspecified atom stereocenters. The zero-order chi connectivity index (χ0) is 12.7. The number of nitrogens with zero attached hydrogens (tertiary/aromatic N) is 2. The van der Waals surface area contributed by atoms with Crippen LogP contribution in [0.5, 0.6) is 0 Å². The highest BCUT2D eigenvalue weighted by Crippen LogP contribution is 2.11. The van der Waals surface area contributed by atoms with Gasteiger partial charge in [-0.1, -0.05) is 6.92 Å². The van der Waals surface area contributed by atoms with Crippen LogP contribution in [0.25, 0.3) is 0 Å². The lowest BCUT2D eigenvalue weighted by molar-refractivity contribution is 0.0971. The van der Waals surface area contributed by atoms with E-state index in [2.05, 4.69) is 17.2 Å². The van der Waals surface area contributed by atoms with Crippen LogP contribution in [0.4, 0.5) is 8.78 Å². The number of alkyl halides is 2. The Hall–Kier alpha value is -0.590. The van der Waals surface area contributed by atoms with Crippen LogP contribution in [-0.2, 0) is 13.1 Å². The van der Waals surface area contributed by atoms with Gasteiger partial charge < -0.3 is 5.32 Å². The van der Waals surface area contributed by atoms with Crippen LogP contribution in [0.15, 0.2) is 5.38 Å². The van der Waals surface area contributed by atoms with Crippen LogP contribution in [0, 0.1) is 0 Å². The zero-order valence-corrected chi connectivity index (χ0v) is 11.1. The fourth-order valence-electron chi connectivity index (χ4n) is 1.45. The molecule has 1 aromatic rings. The highest BCUT2D eigenvalue weighted by Gasteiger charge is 2.10. The third-order valence-electron chi connectivity index (χ3n) is 2.18.